The molecule has 4 fully saturated rings. The summed E-state index contributed by atoms with van der Waals surface area (Å²) < 4.78 is 7.74. The Labute approximate surface area is 249 Å². The van der Waals surface area contributed by atoms with Crippen LogP contribution in [0.3, 0.4) is 0 Å². The molecule has 2 N–H and O–H groups in total. The number of aromatic nitrogens is 8. The summed E-state index contributed by atoms with van der Waals surface area (Å²) in [5.74, 6) is 4.60. The van der Waals surface area contributed by atoms with Gasteiger partial charge in [-0.25, -0.2) is 19.9 Å². The maximum Gasteiger partial charge on any atom is 0.218 e. The van der Waals surface area contributed by atoms with Crippen molar-refractivity contribution in [1.29, 1.82) is 0 Å². The lowest BCUT2D eigenvalue weighted by Crippen LogP contribution is -2.68. The molecule has 3 saturated heterocycles. The first kappa shape index (κ1) is 25.8. The first-order chi connectivity index (χ1) is 21.0. The smallest absolute Gasteiger partial charge is 0.218 e. The van der Waals surface area contributed by atoms with Crippen LogP contribution in [0.2, 0.25) is 0 Å². The predicted molar refractivity (Wildman–Crippen MR) is 162 cm³/mol. The van der Waals surface area contributed by atoms with Gasteiger partial charge in [0.25, 0.3) is 0 Å². The highest BCUT2D eigenvalue weighted by Crippen LogP contribution is 2.36. The number of anilines is 3. The van der Waals surface area contributed by atoms with Crippen molar-refractivity contribution in [2.24, 2.45) is 0 Å². The molecule has 12 nitrogen and oxygen atoms in total. The number of ether oxygens (including phenoxy) is 1. The number of nitrogens with zero attached hydrogens (tertiary/aromatic N) is 9. The molecule has 2 bridgehead atoms. The Kier molecular flexibility index (Phi) is 6.28. The summed E-state index contributed by atoms with van der Waals surface area (Å²) in [5.41, 5.74) is 3.95. The normalized spacial score (nSPS) is 19.7. The van der Waals surface area contributed by atoms with E-state index in [0.717, 1.165) is 72.8 Å². The van der Waals surface area contributed by atoms with Gasteiger partial charge in [0.15, 0.2) is 17.5 Å². The van der Waals surface area contributed by atoms with Gasteiger partial charge in [-0.2, -0.15) is 14.9 Å². The fraction of sp³-hybridized carbons (Fsp3) is 0.355. The van der Waals surface area contributed by atoms with Crippen LogP contribution < -0.4 is 15.0 Å². The van der Waals surface area contributed by atoms with Crippen LogP contribution in [0.5, 0.6) is 5.88 Å². The van der Waals surface area contributed by atoms with E-state index in [4.69, 9.17) is 19.7 Å². The van der Waals surface area contributed by atoms with Gasteiger partial charge < -0.3 is 15.0 Å². The molecule has 218 valence electrons. The summed E-state index contributed by atoms with van der Waals surface area (Å²) in [5, 5.41) is 14.8. The summed E-state index contributed by atoms with van der Waals surface area (Å²) >= 11 is 0. The van der Waals surface area contributed by atoms with Crippen LogP contribution in [0.1, 0.15) is 36.2 Å². The summed E-state index contributed by atoms with van der Waals surface area (Å²) in [6.07, 6.45) is 9.37. The number of aryl methyl sites for hydroxylation is 2. The van der Waals surface area contributed by atoms with Crippen LogP contribution in [0.15, 0.2) is 61.1 Å². The summed E-state index contributed by atoms with van der Waals surface area (Å²) in [7, 11) is 0. The molecular weight excluding hydrogens is 542 g/mol. The second-order valence-corrected chi connectivity index (χ2v) is 11.7. The molecule has 1 saturated carbocycles. The van der Waals surface area contributed by atoms with Gasteiger partial charge in [0.05, 0.1) is 6.20 Å². The second-order valence-electron chi connectivity index (χ2n) is 11.7. The van der Waals surface area contributed by atoms with Crippen molar-refractivity contribution in [2.75, 3.05) is 23.3 Å². The Morgan fingerprint density at radius 3 is 2.49 bits per heavy atom. The Morgan fingerprint density at radius 1 is 0.930 bits per heavy atom. The number of fused-ring (bicyclic) bond motifs is 2. The minimum atomic E-state index is 0.323. The third kappa shape index (κ3) is 5.29. The van der Waals surface area contributed by atoms with Gasteiger partial charge in [0, 0.05) is 79.3 Å². The third-order valence-electron chi connectivity index (χ3n) is 8.30. The molecule has 0 spiro atoms. The second kappa shape index (κ2) is 10.5. The van der Waals surface area contributed by atoms with E-state index in [-0.39, 0.29) is 0 Å². The Bertz CT molecular complexity index is 1730. The molecule has 2 unspecified atom stereocenters. The van der Waals surface area contributed by atoms with Gasteiger partial charge in [-0.3, -0.25) is 10.00 Å². The van der Waals surface area contributed by atoms with Crippen molar-refractivity contribution < 1.29 is 4.74 Å². The van der Waals surface area contributed by atoms with E-state index >= 15 is 0 Å². The van der Waals surface area contributed by atoms with Crippen molar-refractivity contribution in [3.05, 3.63) is 78.0 Å². The fourth-order valence-electron chi connectivity index (χ4n) is 5.97. The van der Waals surface area contributed by atoms with Gasteiger partial charge >= 0.3 is 0 Å². The molecule has 43 heavy (non-hydrogen) atoms. The van der Waals surface area contributed by atoms with Gasteiger partial charge in [-0.05, 0) is 56.9 Å². The maximum absolute atomic E-state index is 5.96. The van der Waals surface area contributed by atoms with E-state index in [2.05, 4.69) is 53.6 Å². The number of aromatic amines is 1. The van der Waals surface area contributed by atoms with Crippen LogP contribution in [0, 0.1) is 13.8 Å². The average molecular weight is 576 g/mol. The molecule has 12 heteroatoms. The molecule has 2 atom stereocenters. The number of nitrogens with one attached hydrogen (secondary N) is 2. The molecule has 0 amide bonds. The number of piperazine rings is 1. The zero-order chi connectivity index (χ0) is 28.9. The van der Waals surface area contributed by atoms with Crippen LogP contribution in [0.4, 0.5) is 17.5 Å². The van der Waals surface area contributed by atoms with Crippen molar-refractivity contribution in [3.8, 4) is 23.1 Å². The highest BCUT2D eigenvalue weighted by atomic mass is 16.5. The minimum Gasteiger partial charge on any atom is -0.474 e. The van der Waals surface area contributed by atoms with Gasteiger partial charge in [0.2, 0.25) is 5.88 Å². The molecule has 8 heterocycles. The number of hydrogen-bond acceptors (Lipinski definition) is 10. The number of piperidine rings is 1. The molecule has 4 aliphatic rings. The molecule has 1 aliphatic carbocycles. The van der Waals surface area contributed by atoms with Crippen LogP contribution in [-0.4, -0.2) is 76.1 Å². The predicted octanol–water partition coefficient (Wildman–Crippen LogP) is 4.21. The molecular formula is C31H33N11O. The van der Waals surface area contributed by atoms with Gasteiger partial charge in [0.1, 0.15) is 17.7 Å². The number of rotatable bonds is 9. The Morgan fingerprint density at radius 2 is 1.77 bits per heavy atom. The van der Waals surface area contributed by atoms with Crippen LogP contribution >= 0.6 is 0 Å². The molecule has 9 rings (SSSR count). The molecule has 0 radical (unpaired) electrons. The molecule has 5 aromatic heterocycles. The number of H-pyrrole nitrogens is 1. The van der Waals surface area contributed by atoms with E-state index < -0.39 is 0 Å². The number of hydrogen-bond donors (Lipinski definition) is 2. The summed E-state index contributed by atoms with van der Waals surface area (Å²) in [4.78, 5) is 23.8. The highest BCUT2D eigenvalue weighted by Gasteiger charge is 2.44. The van der Waals surface area contributed by atoms with E-state index in [9.17, 15) is 0 Å². The number of pyridine rings is 2. The zero-order valence-electron chi connectivity index (χ0n) is 24.2. The standard InChI is InChI=1S/C31H33N11O/c1-19-11-26(36-27-12-20(2)38-39-27)37-31(35-19)22-4-8-28(33-15-22)40-17-23-13-24(18-40)41(23)16-21-3-7-29(32-14-21)42-30(9-10-34-42)43-25-5-6-25/h3-4,7-12,14-15,23-25H,5-6,13,16-18H2,1-2H3,(H2,35,36,37,38,39). The Hall–Kier alpha value is -4.84. The van der Waals surface area contributed by atoms with E-state index in [0.29, 0.717) is 29.8 Å². The van der Waals surface area contributed by atoms with E-state index in [1.54, 1.807) is 10.9 Å². The molecule has 3 aliphatic heterocycles. The van der Waals surface area contributed by atoms with E-state index in [1.807, 2.05) is 50.5 Å². The first-order valence-corrected chi connectivity index (χ1v) is 14.8. The van der Waals surface area contributed by atoms with Crippen molar-refractivity contribution in [1.82, 2.24) is 44.8 Å². The Balaban J connectivity index is 0.898. The highest BCUT2D eigenvalue weighted by molar-refractivity contribution is 5.61. The van der Waals surface area contributed by atoms with E-state index in [1.165, 1.54) is 12.0 Å². The maximum atomic E-state index is 5.96. The minimum absolute atomic E-state index is 0.323. The van der Waals surface area contributed by atoms with Gasteiger partial charge in [-0.1, -0.05) is 6.07 Å². The van der Waals surface area contributed by atoms with Crippen LogP contribution in [0.25, 0.3) is 17.2 Å². The van der Waals surface area contributed by atoms with Crippen molar-refractivity contribution in [2.45, 2.75) is 57.8 Å². The van der Waals surface area contributed by atoms with Crippen molar-refractivity contribution >= 4 is 17.5 Å². The SMILES string of the molecule is Cc1cc(Nc2cc(C)[nH]n2)nc(-c2ccc(N3CC4CC(C3)N4Cc3ccc(-n4nccc4OC4CC4)nc3)nc2)n1. The van der Waals surface area contributed by atoms with Crippen molar-refractivity contribution in [3.63, 3.8) is 0 Å². The monoisotopic (exact) mass is 575 g/mol. The quantitative estimate of drug-likeness (QED) is 0.264. The lowest BCUT2D eigenvalue weighted by atomic mass is 9.87. The summed E-state index contributed by atoms with van der Waals surface area (Å²) in [6, 6.07) is 15.1. The first-order valence-electron chi connectivity index (χ1n) is 14.8. The lowest BCUT2D eigenvalue weighted by molar-refractivity contribution is -0.00875. The molecule has 0 aromatic carbocycles. The third-order valence-corrected chi connectivity index (χ3v) is 8.30. The summed E-state index contributed by atoms with van der Waals surface area (Å²) in [6.45, 7) is 6.74. The fourth-order valence-corrected chi connectivity index (χ4v) is 5.97. The molecule has 5 aromatic rings. The topological polar surface area (TPSA) is 126 Å². The average Bonchev–Trinajstić information content (AvgIpc) is 3.56. The van der Waals surface area contributed by atoms with Crippen LogP contribution in [-0.2, 0) is 6.54 Å². The van der Waals surface area contributed by atoms with Gasteiger partial charge in [-0.15, -0.1) is 0 Å². The lowest BCUT2D eigenvalue weighted by Gasteiger charge is -2.56. The zero-order valence-corrected chi connectivity index (χ0v) is 24.2. The largest absolute Gasteiger partial charge is 0.474 e.